The Morgan fingerprint density at radius 1 is 1.05 bits per heavy atom. The van der Waals surface area contributed by atoms with Crippen LogP contribution in [0.2, 0.25) is 5.02 Å². The fourth-order valence-electron chi connectivity index (χ4n) is 2.11. The molecular formula is C16H12ClN3O. The summed E-state index contributed by atoms with van der Waals surface area (Å²) >= 11 is 5.92. The van der Waals surface area contributed by atoms with Crippen molar-refractivity contribution < 1.29 is 4.79 Å². The second kappa shape index (κ2) is 5.81. The molecule has 4 nitrogen and oxygen atoms in total. The summed E-state index contributed by atoms with van der Waals surface area (Å²) in [5.74, 6) is 0.499. The minimum absolute atomic E-state index is 0.499. The van der Waals surface area contributed by atoms with E-state index < -0.39 is 0 Å². The highest BCUT2D eigenvalue weighted by molar-refractivity contribution is 6.30. The van der Waals surface area contributed by atoms with E-state index in [1.807, 2.05) is 48.5 Å². The lowest BCUT2D eigenvalue weighted by atomic mass is 10.1. The van der Waals surface area contributed by atoms with Gasteiger partial charge in [0.25, 0.3) is 0 Å². The molecule has 3 rings (SSSR count). The number of nitrogens with one attached hydrogen (secondary N) is 1. The number of nitrogens with zero attached hydrogens (tertiary/aromatic N) is 2. The van der Waals surface area contributed by atoms with Crippen LogP contribution in [0.3, 0.4) is 0 Å². The Kier molecular flexibility index (Phi) is 3.71. The summed E-state index contributed by atoms with van der Waals surface area (Å²) in [7, 11) is 0. The third-order valence-corrected chi connectivity index (χ3v) is 3.31. The highest BCUT2D eigenvalue weighted by Gasteiger charge is 2.11. The fraction of sp³-hybridized carbons (Fsp3) is 0. The molecule has 1 amide bonds. The van der Waals surface area contributed by atoms with Gasteiger partial charge >= 0.3 is 0 Å². The molecule has 0 saturated carbocycles. The van der Waals surface area contributed by atoms with Gasteiger partial charge in [0.05, 0.1) is 11.4 Å². The Labute approximate surface area is 127 Å². The zero-order valence-electron chi connectivity index (χ0n) is 11.0. The van der Waals surface area contributed by atoms with Crippen molar-refractivity contribution in [1.82, 2.24) is 9.78 Å². The quantitative estimate of drug-likeness (QED) is 0.745. The van der Waals surface area contributed by atoms with Crippen LogP contribution in [0.4, 0.5) is 5.82 Å². The maximum atomic E-state index is 10.6. The average molecular weight is 298 g/mol. The molecule has 1 aromatic heterocycles. The van der Waals surface area contributed by atoms with E-state index >= 15 is 0 Å². The molecule has 2 aromatic carbocycles. The van der Waals surface area contributed by atoms with Crippen LogP contribution in [0.25, 0.3) is 16.9 Å². The smallest absolute Gasteiger partial charge is 0.212 e. The normalized spacial score (nSPS) is 10.3. The van der Waals surface area contributed by atoms with Gasteiger partial charge in [-0.05, 0) is 24.3 Å². The molecule has 0 unspecified atom stereocenters. The first kappa shape index (κ1) is 13.4. The topological polar surface area (TPSA) is 46.9 Å². The number of hydrogen-bond donors (Lipinski definition) is 1. The number of aromatic nitrogens is 2. The molecule has 0 radical (unpaired) electrons. The van der Waals surface area contributed by atoms with Gasteiger partial charge in [0.1, 0.15) is 0 Å². The van der Waals surface area contributed by atoms with E-state index in [1.165, 1.54) is 0 Å². The highest BCUT2D eigenvalue weighted by Crippen LogP contribution is 2.26. The molecule has 0 aliphatic carbocycles. The zero-order chi connectivity index (χ0) is 14.7. The van der Waals surface area contributed by atoms with Crippen LogP contribution < -0.4 is 5.32 Å². The first-order valence-electron chi connectivity index (χ1n) is 6.39. The van der Waals surface area contributed by atoms with Crippen molar-refractivity contribution in [2.45, 2.75) is 0 Å². The van der Waals surface area contributed by atoms with E-state index in [0.29, 0.717) is 17.3 Å². The van der Waals surface area contributed by atoms with Gasteiger partial charge in [0.2, 0.25) is 6.41 Å². The summed E-state index contributed by atoms with van der Waals surface area (Å²) in [6.45, 7) is 0. The minimum atomic E-state index is 0.499. The van der Waals surface area contributed by atoms with Crippen LogP contribution in [0.15, 0.2) is 60.7 Å². The van der Waals surface area contributed by atoms with Crippen molar-refractivity contribution in [1.29, 1.82) is 0 Å². The lowest BCUT2D eigenvalue weighted by Crippen LogP contribution is -2.00. The number of rotatable bonds is 4. The molecule has 0 atom stereocenters. The van der Waals surface area contributed by atoms with E-state index in [0.717, 1.165) is 16.9 Å². The van der Waals surface area contributed by atoms with E-state index in [1.54, 1.807) is 16.8 Å². The van der Waals surface area contributed by atoms with Crippen molar-refractivity contribution in [2.75, 3.05) is 5.32 Å². The van der Waals surface area contributed by atoms with Crippen molar-refractivity contribution in [3.8, 4) is 16.9 Å². The summed E-state index contributed by atoms with van der Waals surface area (Å²) in [6.07, 6.45) is 0.614. The second-order valence-electron chi connectivity index (χ2n) is 4.43. The number of anilines is 1. The van der Waals surface area contributed by atoms with Gasteiger partial charge in [-0.1, -0.05) is 41.9 Å². The lowest BCUT2D eigenvalue weighted by molar-refractivity contribution is -0.105. The molecular weight excluding hydrogens is 286 g/mol. The van der Waals surface area contributed by atoms with Crippen LogP contribution in [0, 0.1) is 0 Å². The lowest BCUT2D eigenvalue weighted by Gasteiger charge is -2.07. The minimum Gasteiger partial charge on any atom is -0.312 e. The Morgan fingerprint density at radius 2 is 1.76 bits per heavy atom. The summed E-state index contributed by atoms with van der Waals surface area (Å²) < 4.78 is 1.78. The van der Waals surface area contributed by atoms with Crippen LogP contribution in [0.5, 0.6) is 0 Å². The van der Waals surface area contributed by atoms with E-state index in [9.17, 15) is 4.79 Å². The maximum Gasteiger partial charge on any atom is 0.212 e. The predicted octanol–water partition coefficient (Wildman–Crippen LogP) is 3.76. The second-order valence-corrected chi connectivity index (χ2v) is 4.87. The van der Waals surface area contributed by atoms with Crippen LogP contribution in [-0.4, -0.2) is 16.2 Å². The first-order valence-corrected chi connectivity index (χ1v) is 6.77. The van der Waals surface area contributed by atoms with Crippen molar-refractivity contribution in [2.24, 2.45) is 0 Å². The van der Waals surface area contributed by atoms with Crippen LogP contribution >= 0.6 is 11.6 Å². The van der Waals surface area contributed by atoms with Crippen molar-refractivity contribution >= 4 is 23.8 Å². The van der Waals surface area contributed by atoms with Gasteiger partial charge in [-0.25, -0.2) is 4.68 Å². The fourth-order valence-corrected chi connectivity index (χ4v) is 2.23. The summed E-state index contributed by atoms with van der Waals surface area (Å²) in [5.41, 5.74) is 2.78. The summed E-state index contributed by atoms with van der Waals surface area (Å²) in [5, 5.41) is 7.65. The van der Waals surface area contributed by atoms with Gasteiger partial charge in [-0.3, -0.25) is 4.79 Å². The third-order valence-electron chi connectivity index (χ3n) is 3.06. The predicted molar refractivity (Wildman–Crippen MR) is 83.7 cm³/mol. The molecule has 0 aliphatic rings. The molecule has 0 fully saturated rings. The molecule has 1 N–H and O–H groups in total. The highest BCUT2D eigenvalue weighted by atomic mass is 35.5. The van der Waals surface area contributed by atoms with Crippen LogP contribution in [0.1, 0.15) is 0 Å². The molecule has 5 heteroatoms. The molecule has 0 bridgehead atoms. The Bertz CT molecular complexity index is 751. The molecule has 21 heavy (non-hydrogen) atoms. The van der Waals surface area contributed by atoms with Crippen LogP contribution in [-0.2, 0) is 4.79 Å². The Hall–Kier alpha value is -2.59. The monoisotopic (exact) mass is 297 g/mol. The SMILES string of the molecule is O=CNc1cc(-c2ccccc2)n(-c2ccc(Cl)cc2)n1. The van der Waals surface area contributed by atoms with Gasteiger partial charge in [0.15, 0.2) is 5.82 Å². The number of carbonyl (C=O) groups is 1. The summed E-state index contributed by atoms with van der Waals surface area (Å²) in [6, 6.07) is 19.1. The molecule has 0 saturated heterocycles. The standard InChI is InChI=1S/C16H12ClN3O/c17-13-6-8-14(9-7-13)20-15(10-16(19-20)18-11-21)12-4-2-1-3-5-12/h1-11H,(H,18,19,21). The van der Waals surface area contributed by atoms with Crippen molar-refractivity contribution in [3.05, 3.63) is 65.7 Å². The number of hydrogen-bond acceptors (Lipinski definition) is 2. The number of benzene rings is 2. The number of amides is 1. The number of halogens is 1. The average Bonchev–Trinajstić information content (AvgIpc) is 2.93. The van der Waals surface area contributed by atoms with Gasteiger partial charge in [-0.2, -0.15) is 0 Å². The molecule has 1 heterocycles. The van der Waals surface area contributed by atoms with Gasteiger partial charge < -0.3 is 5.32 Å². The maximum absolute atomic E-state index is 10.6. The molecule has 3 aromatic rings. The van der Waals surface area contributed by atoms with E-state index in [2.05, 4.69) is 10.4 Å². The Balaban J connectivity index is 2.14. The Morgan fingerprint density at radius 3 is 2.43 bits per heavy atom. The zero-order valence-corrected chi connectivity index (χ0v) is 11.8. The van der Waals surface area contributed by atoms with Crippen molar-refractivity contribution in [3.63, 3.8) is 0 Å². The van der Waals surface area contributed by atoms with Gasteiger partial charge in [-0.15, -0.1) is 5.10 Å². The number of carbonyl (C=O) groups excluding carboxylic acids is 1. The molecule has 0 spiro atoms. The molecule has 104 valence electrons. The van der Waals surface area contributed by atoms with Gasteiger partial charge in [0, 0.05) is 16.7 Å². The first-order chi connectivity index (χ1) is 10.3. The van der Waals surface area contributed by atoms with E-state index in [4.69, 9.17) is 11.6 Å². The summed E-state index contributed by atoms with van der Waals surface area (Å²) in [4.78, 5) is 10.6. The molecule has 0 aliphatic heterocycles. The largest absolute Gasteiger partial charge is 0.312 e. The third kappa shape index (κ3) is 2.80. The van der Waals surface area contributed by atoms with E-state index in [-0.39, 0.29) is 0 Å².